The first-order chi connectivity index (χ1) is 14.8. The van der Waals surface area contributed by atoms with Gasteiger partial charge in [0, 0.05) is 16.5 Å². The summed E-state index contributed by atoms with van der Waals surface area (Å²) >= 11 is 6.38. The van der Waals surface area contributed by atoms with E-state index in [1.54, 1.807) is 30.3 Å². The molecule has 2 unspecified atom stereocenters. The molecule has 0 radical (unpaired) electrons. The molecule has 0 amide bonds. The fraction of sp³-hybridized carbons (Fsp3) is 0.348. The van der Waals surface area contributed by atoms with Crippen molar-refractivity contribution >= 4 is 32.2 Å². The minimum absolute atomic E-state index is 0.0161. The molecule has 4 nitrogen and oxygen atoms in total. The molecular weight excluding hydrogens is 443 g/mol. The van der Waals surface area contributed by atoms with E-state index in [1.807, 2.05) is 6.07 Å². The minimum atomic E-state index is -3.42. The molecule has 1 N–H and O–H groups in total. The predicted octanol–water partition coefficient (Wildman–Crippen LogP) is 5.99. The Balaban J connectivity index is 1.44. The first-order valence-electron chi connectivity index (χ1n) is 10.2. The number of ether oxygens (including phenoxy) is 2. The first-order valence-corrected chi connectivity index (χ1v) is 11.2. The van der Waals surface area contributed by atoms with Gasteiger partial charge in [0.1, 0.15) is 11.5 Å². The van der Waals surface area contributed by atoms with Crippen LogP contribution in [0.25, 0.3) is 5.70 Å². The maximum absolute atomic E-state index is 13.5. The van der Waals surface area contributed by atoms with Gasteiger partial charge in [0.15, 0.2) is 0 Å². The lowest BCUT2D eigenvalue weighted by atomic mass is 9.93. The van der Waals surface area contributed by atoms with Crippen molar-refractivity contribution < 1.29 is 23.4 Å². The molecule has 2 saturated carbocycles. The van der Waals surface area contributed by atoms with Crippen LogP contribution in [0.15, 0.2) is 53.0 Å². The third-order valence-electron chi connectivity index (χ3n) is 5.60. The minimum Gasteiger partial charge on any atom is -0.461 e. The third kappa shape index (κ3) is 4.48. The normalized spacial score (nSPS) is 19.6. The molecule has 3 aliphatic rings. The van der Waals surface area contributed by atoms with Crippen LogP contribution in [0.4, 0.5) is 8.78 Å². The Morgan fingerprint density at radius 1 is 1.10 bits per heavy atom. The predicted molar refractivity (Wildman–Crippen MR) is 119 cm³/mol. The number of halogens is 3. The highest BCUT2D eigenvalue weighted by Gasteiger charge is 2.41. The van der Waals surface area contributed by atoms with Crippen molar-refractivity contribution in [1.29, 1.82) is 0 Å². The summed E-state index contributed by atoms with van der Waals surface area (Å²) in [7, 11) is 1.36. The van der Waals surface area contributed by atoms with Gasteiger partial charge in [0.05, 0.1) is 17.0 Å². The standard InChI is InChI=1S/C23H21ClF2NO3P/c24-17-11-14(9-10-15(17)12-5-6-12)29-22(28)19-20(13-7-8-13)27-21(19)16-3-1-2-4-18(16)30-23(25,26)31/h1-4,9-13,22,28H,5-8,31H2. The summed E-state index contributed by atoms with van der Waals surface area (Å²) < 4.78 is 37.5. The van der Waals surface area contributed by atoms with Crippen molar-refractivity contribution in [2.24, 2.45) is 10.9 Å². The Bertz CT molecular complexity index is 1090. The number of hydrogen-bond donors (Lipinski definition) is 1. The molecule has 0 bridgehead atoms. The van der Waals surface area contributed by atoms with E-state index >= 15 is 0 Å². The van der Waals surface area contributed by atoms with Crippen LogP contribution in [-0.4, -0.2) is 23.0 Å². The van der Waals surface area contributed by atoms with Crippen LogP contribution in [0.2, 0.25) is 5.02 Å². The van der Waals surface area contributed by atoms with Crippen molar-refractivity contribution in [3.05, 3.63) is 64.2 Å². The third-order valence-corrected chi connectivity index (χ3v) is 6.04. The molecule has 2 aromatic rings. The summed E-state index contributed by atoms with van der Waals surface area (Å²) in [6, 6.07) is 11.8. The largest absolute Gasteiger partial charge is 0.461 e. The van der Waals surface area contributed by atoms with Crippen molar-refractivity contribution in [3.63, 3.8) is 0 Å². The van der Waals surface area contributed by atoms with Gasteiger partial charge in [-0.2, -0.15) is 8.78 Å². The number of aliphatic imine (C=N–C) groups is 1. The highest BCUT2D eigenvalue weighted by atomic mass is 35.5. The van der Waals surface area contributed by atoms with E-state index in [0.29, 0.717) is 33.5 Å². The van der Waals surface area contributed by atoms with Crippen LogP contribution in [0, 0.1) is 5.92 Å². The molecule has 1 aliphatic heterocycles. The van der Waals surface area contributed by atoms with Gasteiger partial charge in [-0.15, -0.1) is 0 Å². The van der Waals surface area contributed by atoms with E-state index in [1.165, 1.54) is 15.3 Å². The van der Waals surface area contributed by atoms with Crippen LogP contribution in [0.3, 0.4) is 0 Å². The number of aliphatic hydroxyl groups excluding tert-OH is 1. The second kappa shape index (κ2) is 7.84. The maximum Gasteiger partial charge on any atom is 0.408 e. The number of benzene rings is 2. The van der Waals surface area contributed by atoms with Gasteiger partial charge >= 0.3 is 5.85 Å². The first kappa shape index (κ1) is 20.9. The molecule has 0 aromatic heterocycles. The van der Waals surface area contributed by atoms with E-state index in [2.05, 4.69) is 4.99 Å². The second-order valence-electron chi connectivity index (χ2n) is 8.12. The molecule has 2 atom stereocenters. The lowest BCUT2D eigenvalue weighted by Gasteiger charge is -2.28. The lowest BCUT2D eigenvalue weighted by molar-refractivity contribution is -0.0893. The van der Waals surface area contributed by atoms with Crippen LogP contribution >= 0.6 is 20.8 Å². The van der Waals surface area contributed by atoms with Gasteiger partial charge in [-0.05, 0) is 70.7 Å². The molecule has 2 aliphatic carbocycles. The summed E-state index contributed by atoms with van der Waals surface area (Å²) in [5.74, 6) is -2.23. The summed E-state index contributed by atoms with van der Waals surface area (Å²) in [5, 5.41) is 11.5. The van der Waals surface area contributed by atoms with E-state index in [9.17, 15) is 13.9 Å². The van der Waals surface area contributed by atoms with Gasteiger partial charge in [0.25, 0.3) is 0 Å². The monoisotopic (exact) mass is 463 g/mol. The topological polar surface area (TPSA) is 51.0 Å². The molecule has 2 fully saturated rings. The quantitative estimate of drug-likeness (QED) is 0.386. The fourth-order valence-electron chi connectivity index (χ4n) is 3.82. The van der Waals surface area contributed by atoms with Crippen LogP contribution in [0.1, 0.15) is 42.7 Å². The van der Waals surface area contributed by atoms with Gasteiger partial charge in [-0.3, -0.25) is 4.99 Å². The second-order valence-corrected chi connectivity index (χ2v) is 9.20. The van der Waals surface area contributed by atoms with Gasteiger partial charge in [-0.1, -0.05) is 29.8 Å². The molecule has 5 rings (SSSR count). The van der Waals surface area contributed by atoms with Crippen molar-refractivity contribution in [2.75, 3.05) is 0 Å². The van der Waals surface area contributed by atoms with Crippen molar-refractivity contribution in [3.8, 4) is 11.5 Å². The smallest absolute Gasteiger partial charge is 0.408 e. The van der Waals surface area contributed by atoms with Crippen LogP contribution < -0.4 is 9.47 Å². The molecule has 31 heavy (non-hydrogen) atoms. The number of nitrogens with zero attached hydrogens (tertiary/aromatic N) is 1. The Labute approximate surface area is 186 Å². The molecule has 0 saturated heterocycles. The number of hydrogen-bond acceptors (Lipinski definition) is 4. The van der Waals surface area contributed by atoms with E-state index in [4.69, 9.17) is 21.1 Å². The molecule has 2 aromatic carbocycles. The fourth-order valence-corrected chi connectivity index (χ4v) is 4.27. The Morgan fingerprint density at radius 3 is 2.45 bits per heavy atom. The molecule has 162 valence electrons. The van der Waals surface area contributed by atoms with E-state index in [0.717, 1.165) is 37.0 Å². The van der Waals surface area contributed by atoms with E-state index in [-0.39, 0.29) is 11.7 Å². The van der Waals surface area contributed by atoms with E-state index < -0.39 is 12.1 Å². The SMILES string of the molecule is OC(Oc1ccc(C2CC2)c(Cl)c1)C1=C(c2ccccc2OC(F)(F)P)N=C1C1CC1. The summed E-state index contributed by atoms with van der Waals surface area (Å²) in [6.07, 6.45) is 2.93. The Kier molecular flexibility index (Phi) is 5.28. The number of alkyl halides is 2. The molecule has 0 spiro atoms. The average Bonchev–Trinajstić information content (AvgIpc) is 3.55. The number of aliphatic hydroxyl groups is 1. The molecular formula is C23H21ClF2NO3P. The van der Waals surface area contributed by atoms with Crippen LogP contribution in [0.5, 0.6) is 11.5 Å². The van der Waals surface area contributed by atoms with Crippen LogP contribution in [-0.2, 0) is 0 Å². The molecule has 1 heterocycles. The zero-order valence-corrected chi connectivity index (χ0v) is 18.4. The summed E-state index contributed by atoms with van der Waals surface area (Å²) in [5.41, 5.74) is 3.15. The van der Waals surface area contributed by atoms with Gasteiger partial charge in [0.2, 0.25) is 6.29 Å². The zero-order chi connectivity index (χ0) is 21.8. The van der Waals surface area contributed by atoms with Crippen molar-refractivity contribution in [1.82, 2.24) is 0 Å². The Hall–Kier alpha value is -2.01. The highest BCUT2D eigenvalue weighted by Crippen LogP contribution is 2.47. The average molecular weight is 464 g/mol. The lowest BCUT2D eigenvalue weighted by Crippen LogP contribution is -2.31. The number of rotatable bonds is 8. The summed E-state index contributed by atoms with van der Waals surface area (Å²) in [6.45, 7) is 0. The van der Waals surface area contributed by atoms with Gasteiger partial charge in [-0.25, -0.2) is 0 Å². The van der Waals surface area contributed by atoms with Crippen molar-refractivity contribution in [2.45, 2.75) is 43.7 Å². The highest BCUT2D eigenvalue weighted by molar-refractivity contribution is 7.17. The summed E-state index contributed by atoms with van der Waals surface area (Å²) in [4.78, 5) is 4.55. The zero-order valence-electron chi connectivity index (χ0n) is 16.5. The van der Waals surface area contributed by atoms with Gasteiger partial charge < -0.3 is 14.6 Å². The number of para-hydroxylation sites is 1. The Morgan fingerprint density at radius 2 is 1.81 bits per heavy atom. The maximum atomic E-state index is 13.5. The molecule has 8 heteroatoms.